The lowest BCUT2D eigenvalue weighted by atomic mass is 10.1. The van der Waals surface area contributed by atoms with Crippen LogP contribution in [0, 0.1) is 0 Å². The van der Waals surface area contributed by atoms with Crippen LogP contribution in [0.2, 0.25) is 0 Å². The van der Waals surface area contributed by atoms with Crippen molar-refractivity contribution < 1.29 is 13.2 Å². The van der Waals surface area contributed by atoms with Crippen molar-refractivity contribution in [2.24, 2.45) is 0 Å². The van der Waals surface area contributed by atoms with Gasteiger partial charge in [-0.05, 0) is 63.1 Å². The van der Waals surface area contributed by atoms with E-state index < -0.39 is 16.1 Å². The van der Waals surface area contributed by atoms with E-state index in [0.717, 1.165) is 17.4 Å². The molecule has 0 aliphatic carbocycles. The van der Waals surface area contributed by atoms with Crippen molar-refractivity contribution in [2.45, 2.75) is 43.7 Å². The van der Waals surface area contributed by atoms with Crippen LogP contribution in [-0.2, 0) is 21.4 Å². The van der Waals surface area contributed by atoms with Crippen LogP contribution in [-0.4, -0.2) is 63.8 Å². The first-order valence-electron chi connectivity index (χ1n) is 11.1. The van der Waals surface area contributed by atoms with Gasteiger partial charge in [-0.15, -0.1) is 0 Å². The number of amides is 1. The Morgan fingerprint density at radius 3 is 2.41 bits per heavy atom. The van der Waals surface area contributed by atoms with E-state index in [9.17, 15) is 13.2 Å². The second-order valence-corrected chi connectivity index (χ2v) is 10.7. The minimum Gasteiger partial charge on any atom is -0.371 e. The van der Waals surface area contributed by atoms with Crippen molar-refractivity contribution in [3.05, 3.63) is 54.1 Å². The predicted octanol–water partition coefficient (Wildman–Crippen LogP) is 3.39. The first-order valence-corrected chi connectivity index (χ1v) is 12.5. The number of carbonyl (C=O) groups is 1. The number of anilines is 2. The van der Waals surface area contributed by atoms with Crippen LogP contribution < -0.4 is 10.2 Å². The first kappa shape index (κ1) is 24.2. The molecule has 1 saturated heterocycles. The summed E-state index contributed by atoms with van der Waals surface area (Å²) < 4.78 is 25.9. The molecule has 32 heavy (non-hydrogen) atoms. The van der Waals surface area contributed by atoms with Gasteiger partial charge in [0.1, 0.15) is 0 Å². The zero-order chi connectivity index (χ0) is 23.3. The molecular formula is C24H34N4O3S. The van der Waals surface area contributed by atoms with Crippen LogP contribution in [0.4, 0.5) is 11.4 Å². The zero-order valence-electron chi connectivity index (χ0n) is 19.4. The van der Waals surface area contributed by atoms with Crippen molar-refractivity contribution in [1.82, 2.24) is 9.21 Å². The summed E-state index contributed by atoms with van der Waals surface area (Å²) in [5.41, 5.74) is 2.91. The zero-order valence-corrected chi connectivity index (χ0v) is 20.2. The van der Waals surface area contributed by atoms with Gasteiger partial charge < -0.3 is 10.2 Å². The molecule has 1 amide bonds. The third-order valence-electron chi connectivity index (χ3n) is 6.03. The number of likely N-dealkylation sites (N-methyl/N-ethyl adjacent to an activating group) is 1. The van der Waals surface area contributed by atoms with Gasteiger partial charge in [0.2, 0.25) is 15.9 Å². The molecule has 1 N–H and O–H groups in total. The van der Waals surface area contributed by atoms with Crippen LogP contribution in [0.3, 0.4) is 0 Å². The van der Waals surface area contributed by atoms with E-state index >= 15 is 0 Å². The Kier molecular flexibility index (Phi) is 7.92. The lowest BCUT2D eigenvalue weighted by molar-refractivity contribution is -0.120. The Morgan fingerprint density at radius 1 is 1.03 bits per heavy atom. The van der Waals surface area contributed by atoms with Crippen molar-refractivity contribution in [2.75, 3.05) is 44.4 Å². The number of hydrogen-bond acceptors (Lipinski definition) is 5. The van der Waals surface area contributed by atoms with E-state index in [1.54, 1.807) is 12.1 Å². The third kappa shape index (κ3) is 5.68. The number of hydrogen-bond donors (Lipinski definition) is 1. The number of nitrogens with zero attached hydrogens (tertiary/aromatic N) is 3. The molecule has 1 aliphatic heterocycles. The van der Waals surface area contributed by atoms with E-state index in [1.165, 1.54) is 56.7 Å². The largest absolute Gasteiger partial charge is 0.371 e. The second-order valence-electron chi connectivity index (χ2n) is 8.57. The number of sulfonamides is 1. The Bertz CT molecular complexity index is 1030. The molecular weight excluding hydrogens is 424 g/mol. The van der Waals surface area contributed by atoms with E-state index in [2.05, 4.69) is 28.4 Å². The maximum atomic E-state index is 12.9. The lowest BCUT2D eigenvalue weighted by Crippen LogP contribution is -2.39. The van der Waals surface area contributed by atoms with Gasteiger partial charge in [0, 0.05) is 45.1 Å². The molecule has 1 atom stereocenters. The standard InChI is InChI=1S/C24H34N4O3S/c1-19(24(29)25-21-12-10-13-22(17-21)32(30,31)26(2)3)27(4)18-20-11-6-7-14-23(20)28-15-8-5-9-16-28/h6-7,10-14,17,19H,5,8-9,15-16,18H2,1-4H3,(H,25,29). The smallest absolute Gasteiger partial charge is 0.242 e. The van der Waals surface area contributed by atoms with E-state index in [-0.39, 0.29) is 10.8 Å². The summed E-state index contributed by atoms with van der Waals surface area (Å²) in [6, 6.07) is 14.4. The summed E-state index contributed by atoms with van der Waals surface area (Å²) in [7, 11) is 1.34. The summed E-state index contributed by atoms with van der Waals surface area (Å²) in [5.74, 6) is -0.178. The molecule has 8 heteroatoms. The van der Waals surface area contributed by atoms with E-state index in [1.807, 2.05) is 24.9 Å². The van der Waals surface area contributed by atoms with Crippen molar-refractivity contribution in [3.63, 3.8) is 0 Å². The molecule has 0 bridgehead atoms. The summed E-state index contributed by atoms with van der Waals surface area (Å²) >= 11 is 0. The van der Waals surface area contributed by atoms with Crippen LogP contribution in [0.25, 0.3) is 0 Å². The van der Waals surface area contributed by atoms with Crippen LogP contribution in [0.15, 0.2) is 53.4 Å². The van der Waals surface area contributed by atoms with Gasteiger partial charge in [-0.2, -0.15) is 0 Å². The predicted molar refractivity (Wildman–Crippen MR) is 129 cm³/mol. The Hall–Kier alpha value is -2.42. The van der Waals surface area contributed by atoms with E-state index in [4.69, 9.17) is 0 Å². The number of rotatable bonds is 8. The highest BCUT2D eigenvalue weighted by molar-refractivity contribution is 7.89. The highest BCUT2D eigenvalue weighted by atomic mass is 32.2. The van der Waals surface area contributed by atoms with Gasteiger partial charge in [-0.25, -0.2) is 12.7 Å². The Balaban J connectivity index is 1.68. The van der Waals surface area contributed by atoms with Crippen LogP contribution in [0.1, 0.15) is 31.7 Å². The molecule has 3 rings (SSSR count). The number of para-hydroxylation sites is 1. The van der Waals surface area contributed by atoms with Gasteiger partial charge in [0.15, 0.2) is 0 Å². The summed E-state index contributed by atoms with van der Waals surface area (Å²) in [6.07, 6.45) is 3.71. The lowest BCUT2D eigenvalue weighted by Gasteiger charge is -2.32. The monoisotopic (exact) mass is 458 g/mol. The topological polar surface area (TPSA) is 73.0 Å². The number of piperidine rings is 1. The summed E-state index contributed by atoms with van der Waals surface area (Å²) in [5, 5.41) is 2.86. The molecule has 0 spiro atoms. The maximum Gasteiger partial charge on any atom is 0.242 e. The van der Waals surface area contributed by atoms with Crippen LogP contribution in [0.5, 0.6) is 0 Å². The fraction of sp³-hybridized carbons (Fsp3) is 0.458. The normalized spacial score (nSPS) is 15.8. The molecule has 1 heterocycles. The highest BCUT2D eigenvalue weighted by Gasteiger charge is 2.22. The minimum atomic E-state index is -3.56. The quantitative estimate of drug-likeness (QED) is 0.657. The molecule has 0 aromatic heterocycles. The average molecular weight is 459 g/mol. The fourth-order valence-electron chi connectivity index (χ4n) is 3.89. The number of carbonyl (C=O) groups excluding carboxylic acids is 1. The summed E-state index contributed by atoms with van der Waals surface area (Å²) in [6.45, 7) is 4.65. The number of nitrogens with one attached hydrogen (secondary N) is 1. The van der Waals surface area contributed by atoms with Crippen molar-refractivity contribution >= 4 is 27.3 Å². The van der Waals surface area contributed by atoms with Gasteiger partial charge in [0.25, 0.3) is 0 Å². The molecule has 1 aliphatic rings. The number of benzene rings is 2. The van der Waals surface area contributed by atoms with Gasteiger partial charge >= 0.3 is 0 Å². The molecule has 0 saturated carbocycles. The van der Waals surface area contributed by atoms with Crippen LogP contribution >= 0.6 is 0 Å². The van der Waals surface area contributed by atoms with Gasteiger partial charge in [-0.3, -0.25) is 9.69 Å². The van der Waals surface area contributed by atoms with Gasteiger partial charge in [0.05, 0.1) is 10.9 Å². The van der Waals surface area contributed by atoms with Gasteiger partial charge in [-0.1, -0.05) is 24.3 Å². The fourth-order valence-corrected chi connectivity index (χ4v) is 4.83. The minimum absolute atomic E-state index is 0.150. The van der Waals surface area contributed by atoms with E-state index in [0.29, 0.717) is 12.2 Å². The average Bonchev–Trinajstić information content (AvgIpc) is 2.79. The Morgan fingerprint density at radius 2 is 1.72 bits per heavy atom. The molecule has 7 nitrogen and oxygen atoms in total. The second kappa shape index (κ2) is 10.5. The highest BCUT2D eigenvalue weighted by Crippen LogP contribution is 2.26. The SMILES string of the molecule is CC(C(=O)Nc1cccc(S(=O)(=O)N(C)C)c1)N(C)Cc1ccccc1N1CCCCC1. The molecule has 174 valence electrons. The van der Waals surface area contributed by atoms with Crippen molar-refractivity contribution in [1.29, 1.82) is 0 Å². The van der Waals surface area contributed by atoms with Crippen molar-refractivity contribution in [3.8, 4) is 0 Å². The molecule has 2 aromatic carbocycles. The maximum absolute atomic E-state index is 12.9. The summed E-state index contributed by atoms with van der Waals surface area (Å²) in [4.78, 5) is 17.5. The molecule has 0 radical (unpaired) electrons. The molecule has 2 aromatic rings. The molecule has 1 fully saturated rings. The molecule has 1 unspecified atom stereocenters. The first-order chi connectivity index (χ1) is 15.2. The third-order valence-corrected chi connectivity index (χ3v) is 7.84. The Labute approximate surface area is 192 Å².